The second-order valence-corrected chi connectivity index (χ2v) is 5.76. The number of methoxy groups -OCH3 is 1. The molecule has 0 radical (unpaired) electrons. The van der Waals surface area contributed by atoms with Crippen LogP contribution in [0.3, 0.4) is 0 Å². The number of nitrogens with two attached hydrogens (primary N) is 1. The molecule has 0 saturated heterocycles. The van der Waals surface area contributed by atoms with Crippen LogP contribution in [0.15, 0.2) is 46.9 Å². The number of ether oxygens (including phenoxy) is 2. The van der Waals surface area contributed by atoms with Gasteiger partial charge in [-0.25, -0.2) is 0 Å². The summed E-state index contributed by atoms with van der Waals surface area (Å²) in [6, 6.07) is 11.7. The van der Waals surface area contributed by atoms with Crippen molar-refractivity contribution in [2.45, 2.75) is 0 Å². The lowest BCUT2D eigenvalue weighted by molar-refractivity contribution is 0.100. The molecule has 2 aromatic carbocycles. The zero-order valence-electron chi connectivity index (χ0n) is 13.0. The molecule has 24 heavy (non-hydrogen) atoms. The first-order chi connectivity index (χ1) is 11.5. The minimum atomic E-state index is -0.614. The van der Waals surface area contributed by atoms with E-state index in [1.807, 2.05) is 0 Å². The highest BCUT2D eigenvalue weighted by Gasteiger charge is 2.16. The minimum Gasteiger partial charge on any atom is -0.490 e. The zero-order chi connectivity index (χ0) is 17.5. The van der Waals surface area contributed by atoms with E-state index in [-0.39, 0.29) is 5.56 Å². The summed E-state index contributed by atoms with van der Waals surface area (Å²) in [6.45, 7) is 0.720. The van der Waals surface area contributed by atoms with Crippen LogP contribution in [0, 0.1) is 0 Å². The number of primary amides is 1. The monoisotopic (exact) mass is 392 g/mol. The fourth-order valence-electron chi connectivity index (χ4n) is 2.04. The Morgan fingerprint density at radius 1 is 1.12 bits per heavy atom. The van der Waals surface area contributed by atoms with Crippen LogP contribution in [0.4, 0.5) is 5.69 Å². The van der Waals surface area contributed by atoms with Gasteiger partial charge in [0.1, 0.15) is 12.4 Å². The number of halogens is 1. The molecule has 0 heterocycles. The van der Waals surface area contributed by atoms with E-state index in [0.29, 0.717) is 30.2 Å². The van der Waals surface area contributed by atoms with Crippen LogP contribution in [0.25, 0.3) is 0 Å². The number of anilines is 1. The summed E-state index contributed by atoms with van der Waals surface area (Å²) < 4.78 is 11.2. The zero-order valence-corrected chi connectivity index (χ0v) is 14.6. The van der Waals surface area contributed by atoms with Crippen molar-refractivity contribution in [3.63, 3.8) is 0 Å². The highest BCUT2D eigenvalue weighted by atomic mass is 79.9. The number of para-hydroxylation sites is 1. The Kier molecular flexibility index (Phi) is 6.34. The van der Waals surface area contributed by atoms with Crippen LogP contribution in [0.2, 0.25) is 0 Å². The van der Waals surface area contributed by atoms with Gasteiger partial charge in [-0.15, -0.1) is 0 Å². The molecular weight excluding hydrogens is 376 g/mol. The molecule has 2 rings (SSSR count). The summed E-state index contributed by atoms with van der Waals surface area (Å²) in [6.07, 6.45) is 0. The number of benzene rings is 2. The SMILES string of the molecule is COCCOc1ccc(Br)cc1C(=O)Nc1ccccc1C(N)=O. The van der Waals surface area contributed by atoms with E-state index in [9.17, 15) is 9.59 Å². The molecular formula is C17H17BrN2O4. The Hall–Kier alpha value is -2.38. The van der Waals surface area contributed by atoms with Crippen LogP contribution in [-0.2, 0) is 4.74 Å². The van der Waals surface area contributed by atoms with Crippen LogP contribution < -0.4 is 15.8 Å². The van der Waals surface area contributed by atoms with Crippen molar-refractivity contribution in [1.82, 2.24) is 0 Å². The fourth-order valence-corrected chi connectivity index (χ4v) is 2.40. The van der Waals surface area contributed by atoms with Gasteiger partial charge in [0.05, 0.1) is 23.4 Å². The van der Waals surface area contributed by atoms with Gasteiger partial charge >= 0.3 is 0 Å². The molecule has 0 aliphatic rings. The first kappa shape index (κ1) is 18.0. The highest BCUT2D eigenvalue weighted by molar-refractivity contribution is 9.10. The van der Waals surface area contributed by atoms with Crippen LogP contribution >= 0.6 is 15.9 Å². The lowest BCUT2D eigenvalue weighted by atomic mass is 10.1. The molecule has 0 bridgehead atoms. The topological polar surface area (TPSA) is 90.7 Å². The molecule has 0 atom stereocenters. The molecule has 2 aromatic rings. The van der Waals surface area contributed by atoms with E-state index in [4.69, 9.17) is 15.2 Å². The van der Waals surface area contributed by atoms with E-state index >= 15 is 0 Å². The summed E-state index contributed by atoms with van der Waals surface area (Å²) >= 11 is 3.34. The van der Waals surface area contributed by atoms with Crippen LogP contribution in [0.1, 0.15) is 20.7 Å². The number of carbonyl (C=O) groups is 2. The molecule has 0 fully saturated rings. The maximum atomic E-state index is 12.6. The van der Waals surface area contributed by atoms with Crippen molar-refractivity contribution in [3.05, 3.63) is 58.1 Å². The van der Waals surface area contributed by atoms with Crippen molar-refractivity contribution >= 4 is 33.4 Å². The van der Waals surface area contributed by atoms with Gasteiger partial charge in [0.2, 0.25) is 0 Å². The number of carbonyl (C=O) groups excluding carboxylic acids is 2. The van der Waals surface area contributed by atoms with Gasteiger partial charge in [-0.05, 0) is 30.3 Å². The number of rotatable bonds is 7. The van der Waals surface area contributed by atoms with Gasteiger partial charge in [0, 0.05) is 11.6 Å². The van der Waals surface area contributed by atoms with Crippen molar-refractivity contribution in [2.75, 3.05) is 25.6 Å². The third kappa shape index (κ3) is 4.56. The third-order valence-electron chi connectivity index (χ3n) is 3.17. The Morgan fingerprint density at radius 2 is 1.88 bits per heavy atom. The summed E-state index contributed by atoms with van der Waals surface area (Å²) in [7, 11) is 1.57. The molecule has 0 aromatic heterocycles. The van der Waals surface area contributed by atoms with Crippen LogP contribution in [0.5, 0.6) is 5.75 Å². The fraction of sp³-hybridized carbons (Fsp3) is 0.176. The van der Waals surface area contributed by atoms with Gasteiger partial charge < -0.3 is 20.5 Å². The summed E-state index contributed by atoms with van der Waals surface area (Å²) in [5.74, 6) is -0.599. The summed E-state index contributed by atoms with van der Waals surface area (Å²) in [4.78, 5) is 24.1. The van der Waals surface area contributed by atoms with Crippen molar-refractivity contribution in [2.24, 2.45) is 5.73 Å². The normalized spacial score (nSPS) is 10.2. The van der Waals surface area contributed by atoms with Crippen molar-refractivity contribution < 1.29 is 19.1 Å². The Labute approximate surface area is 148 Å². The highest BCUT2D eigenvalue weighted by Crippen LogP contribution is 2.25. The number of nitrogens with one attached hydrogen (secondary N) is 1. The molecule has 3 N–H and O–H groups in total. The maximum absolute atomic E-state index is 12.6. The average Bonchev–Trinajstić information content (AvgIpc) is 2.56. The molecule has 0 unspecified atom stereocenters. The predicted octanol–water partition coefficient (Wildman–Crippen LogP) is 2.83. The van der Waals surface area contributed by atoms with E-state index in [1.165, 1.54) is 0 Å². The summed E-state index contributed by atoms with van der Waals surface area (Å²) in [5.41, 5.74) is 6.24. The average molecular weight is 393 g/mol. The third-order valence-corrected chi connectivity index (χ3v) is 3.67. The second kappa shape index (κ2) is 8.47. The Balaban J connectivity index is 2.26. The number of amides is 2. The van der Waals surface area contributed by atoms with E-state index in [2.05, 4.69) is 21.2 Å². The van der Waals surface area contributed by atoms with Gasteiger partial charge in [0.25, 0.3) is 11.8 Å². The van der Waals surface area contributed by atoms with E-state index in [1.54, 1.807) is 49.6 Å². The Morgan fingerprint density at radius 3 is 2.58 bits per heavy atom. The van der Waals surface area contributed by atoms with Gasteiger partial charge in [0.15, 0.2) is 0 Å². The predicted molar refractivity (Wildman–Crippen MR) is 94.4 cm³/mol. The summed E-state index contributed by atoms with van der Waals surface area (Å²) in [5, 5.41) is 2.69. The first-order valence-electron chi connectivity index (χ1n) is 7.14. The molecule has 0 saturated carbocycles. The lowest BCUT2D eigenvalue weighted by Gasteiger charge is -2.13. The van der Waals surface area contributed by atoms with E-state index in [0.717, 1.165) is 4.47 Å². The molecule has 0 aliphatic carbocycles. The number of hydrogen-bond acceptors (Lipinski definition) is 4. The number of hydrogen-bond donors (Lipinski definition) is 2. The Bertz CT molecular complexity index is 749. The smallest absolute Gasteiger partial charge is 0.259 e. The standard InChI is InChI=1S/C17H17BrN2O4/c1-23-8-9-24-15-7-6-11(18)10-13(15)17(22)20-14-5-3-2-4-12(14)16(19)21/h2-7,10H,8-9H2,1H3,(H2,19,21)(H,20,22). The van der Waals surface area contributed by atoms with Crippen molar-refractivity contribution in [3.8, 4) is 5.75 Å². The minimum absolute atomic E-state index is 0.239. The van der Waals surface area contributed by atoms with Gasteiger partial charge in [-0.2, -0.15) is 0 Å². The van der Waals surface area contributed by atoms with E-state index < -0.39 is 11.8 Å². The first-order valence-corrected chi connectivity index (χ1v) is 7.93. The largest absolute Gasteiger partial charge is 0.490 e. The molecule has 0 spiro atoms. The van der Waals surface area contributed by atoms with Crippen LogP contribution in [-0.4, -0.2) is 32.1 Å². The second-order valence-electron chi connectivity index (χ2n) is 4.85. The van der Waals surface area contributed by atoms with Crippen molar-refractivity contribution in [1.29, 1.82) is 0 Å². The molecule has 2 amide bonds. The van der Waals surface area contributed by atoms with Gasteiger partial charge in [-0.3, -0.25) is 9.59 Å². The molecule has 6 nitrogen and oxygen atoms in total. The molecule has 7 heteroatoms. The van der Waals surface area contributed by atoms with Gasteiger partial charge in [-0.1, -0.05) is 28.1 Å². The quantitative estimate of drug-likeness (QED) is 0.708. The lowest BCUT2D eigenvalue weighted by Crippen LogP contribution is -2.19. The molecule has 126 valence electrons. The molecule has 0 aliphatic heterocycles. The maximum Gasteiger partial charge on any atom is 0.259 e.